The minimum Gasteiger partial charge on any atom is -0.368 e. The molecule has 0 bridgehead atoms. The minimum absolute atomic E-state index is 0.445. The van der Waals surface area contributed by atoms with Gasteiger partial charge in [-0.25, -0.2) is 0 Å². The number of nitrogens with zero attached hydrogens (tertiary/aromatic N) is 2. The summed E-state index contributed by atoms with van der Waals surface area (Å²) < 4.78 is 0. The Morgan fingerprint density at radius 2 is 1.90 bits per heavy atom. The molecule has 0 saturated carbocycles. The van der Waals surface area contributed by atoms with Crippen LogP contribution < -0.4 is 11.5 Å². The minimum atomic E-state index is -1.14. The quantitative estimate of drug-likeness (QED) is 0.820. The third-order valence-corrected chi connectivity index (χ3v) is 4.54. The van der Waals surface area contributed by atoms with E-state index in [4.69, 9.17) is 11.5 Å². The zero-order chi connectivity index (χ0) is 15.5. The molecule has 0 aromatic heterocycles. The lowest BCUT2D eigenvalue weighted by Gasteiger charge is -2.39. The summed E-state index contributed by atoms with van der Waals surface area (Å²) in [6.07, 6.45) is 2.19. The molecule has 1 heterocycles. The van der Waals surface area contributed by atoms with Gasteiger partial charge in [0.15, 0.2) is 0 Å². The Labute approximate surface area is 126 Å². The average Bonchev–Trinajstić information content (AvgIpc) is 2.48. The lowest BCUT2D eigenvalue weighted by Crippen LogP contribution is -2.58. The number of amides is 1. The largest absolute Gasteiger partial charge is 0.368 e. The van der Waals surface area contributed by atoms with E-state index in [9.17, 15) is 4.79 Å². The molecule has 5 nitrogen and oxygen atoms in total. The van der Waals surface area contributed by atoms with E-state index in [1.165, 1.54) is 0 Å². The van der Waals surface area contributed by atoms with Crippen molar-refractivity contribution in [1.29, 1.82) is 0 Å². The zero-order valence-corrected chi connectivity index (χ0v) is 13.0. The molecule has 0 radical (unpaired) electrons. The molecule has 2 rings (SSSR count). The third kappa shape index (κ3) is 3.61. The van der Waals surface area contributed by atoms with Gasteiger partial charge in [-0.2, -0.15) is 0 Å². The van der Waals surface area contributed by atoms with E-state index in [0.717, 1.165) is 31.5 Å². The Balaban J connectivity index is 2.11. The average molecular weight is 290 g/mol. The van der Waals surface area contributed by atoms with Crippen LogP contribution in [-0.2, 0) is 10.3 Å². The van der Waals surface area contributed by atoms with Crippen LogP contribution in [0.3, 0.4) is 0 Å². The number of hydrogen-bond donors (Lipinski definition) is 2. The standard InChI is InChI=1S/C16H26N4O/c1-19-10-8-14(9-11-19)20(2)12-16(18,15(17)21)13-6-4-3-5-7-13/h3-7,14H,8-12,18H2,1-2H3,(H2,17,21). The monoisotopic (exact) mass is 290 g/mol. The summed E-state index contributed by atoms with van der Waals surface area (Å²) in [6, 6.07) is 9.86. The second-order valence-corrected chi connectivity index (χ2v) is 6.15. The Morgan fingerprint density at radius 1 is 1.33 bits per heavy atom. The van der Waals surface area contributed by atoms with Crippen LogP contribution in [0.15, 0.2) is 30.3 Å². The third-order valence-electron chi connectivity index (χ3n) is 4.54. The first kappa shape index (κ1) is 15.9. The van der Waals surface area contributed by atoms with Crippen LogP contribution in [0.1, 0.15) is 18.4 Å². The van der Waals surface area contributed by atoms with Crippen molar-refractivity contribution in [2.75, 3.05) is 33.7 Å². The van der Waals surface area contributed by atoms with Crippen molar-refractivity contribution in [3.63, 3.8) is 0 Å². The molecule has 1 amide bonds. The van der Waals surface area contributed by atoms with Crippen molar-refractivity contribution in [1.82, 2.24) is 9.80 Å². The van der Waals surface area contributed by atoms with Crippen LogP contribution in [0.2, 0.25) is 0 Å². The van der Waals surface area contributed by atoms with Crippen molar-refractivity contribution in [2.45, 2.75) is 24.4 Å². The highest BCUT2D eigenvalue weighted by Crippen LogP contribution is 2.22. The normalized spacial score (nSPS) is 20.4. The van der Waals surface area contributed by atoms with Gasteiger partial charge in [-0.3, -0.25) is 4.79 Å². The highest BCUT2D eigenvalue weighted by molar-refractivity contribution is 5.86. The van der Waals surface area contributed by atoms with E-state index in [2.05, 4.69) is 16.8 Å². The first-order chi connectivity index (χ1) is 9.93. The molecule has 21 heavy (non-hydrogen) atoms. The maximum absolute atomic E-state index is 12.0. The summed E-state index contributed by atoms with van der Waals surface area (Å²) in [5.74, 6) is -0.478. The fourth-order valence-electron chi connectivity index (χ4n) is 3.01. The van der Waals surface area contributed by atoms with Gasteiger partial charge in [0.1, 0.15) is 5.54 Å². The van der Waals surface area contributed by atoms with Gasteiger partial charge in [-0.05, 0) is 45.6 Å². The van der Waals surface area contributed by atoms with E-state index in [1.807, 2.05) is 37.4 Å². The van der Waals surface area contributed by atoms with Crippen LogP contribution in [0.25, 0.3) is 0 Å². The van der Waals surface area contributed by atoms with Crippen molar-refractivity contribution >= 4 is 5.91 Å². The van der Waals surface area contributed by atoms with Gasteiger partial charge in [-0.1, -0.05) is 30.3 Å². The van der Waals surface area contributed by atoms with Crippen LogP contribution in [0, 0.1) is 0 Å². The summed E-state index contributed by atoms with van der Waals surface area (Å²) in [6.45, 7) is 2.60. The highest BCUT2D eigenvalue weighted by Gasteiger charge is 2.37. The number of hydrogen-bond acceptors (Lipinski definition) is 4. The maximum Gasteiger partial charge on any atom is 0.243 e. The first-order valence-corrected chi connectivity index (χ1v) is 7.46. The zero-order valence-electron chi connectivity index (χ0n) is 13.0. The van der Waals surface area contributed by atoms with E-state index >= 15 is 0 Å². The second kappa shape index (κ2) is 6.56. The number of nitrogens with two attached hydrogens (primary N) is 2. The molecule has 1 aromatic rings. The lowest BCUT2D eigenvalue weighted by atomic mass is 9.88. The van der Waals surface area contributed by atoms with Gasteiger partial charge < -0.3 is 21.3 Å². The Hall–Kier alpha value is -1.43. The molecule has 1 fully saturated rings. The lowest BCUT2D eigenvalue weighted by molar-refractivity contribution is -0.124. The van der Waals surface area contributed by atoms with Crippen molar-refractivity contribution < 1.29 is 4.79 Å². The fraction of sp³-hybridized carbons (Fsp3) is 0.562. The topological polar surface area (TPSA) is 75.6 Å². The summed E-state index contributed by atoms with van der Waals surface area (Å²) in [5, 5.41) is 0. The predicted octanol–water partition coefficient (Wildman–Crippen LogP) is 0.352. The molecule has 1 aliphatic heterocycles. The first-order valence-electron chi connectivity index (χ1n) is 7.46. The van der Waals surface area contributed by atoms with Gasteiger partial charge >= 0.3 is 0 Å². The molecule has 1 unspecified atom stereocenters. The molecular formula is C16H26N4O. The number of primary amides is 1. The van der Waals surface area contributed by atoms with Crippen LogP contribution >= 0.6 is 0 Å². The predicted molar refractivity (Wildman–Crippen MR) is 84.7 cm³/mol. The van der Waals surface area contributed by atoms with E-state index in [0.29, 0.717) is 12.6 Å². The molecule has 4 N–H and O–H groups in total. The summed E-state index contributed by atoms with van der Waals surface area (Å²) in [7, 11) is 4.17. The summed E-state index contributed by atoms with van der Waals surface area (Å²) in [5.41, 5.74) is 11.6. The highest BCUT2D eigenvalue weighted by atomic mass is 16.1. The number of rotatable bonds is 5. The number of carbonyl (C=O) groups excluding carboxylic acids is 1. The van der Waals surface area contributed by atoms with E-state index < -0.39 is 11.4 Å². The van der Waals surface area contributed by atoms with Gasteiger partial charge in [0.2, 0.25) is 5.91 Å². The Bertz CT molecular complexity index is 470. The summed E-state index contributed by atoms with van der Waals surface area (Å²) >= 11 is 0. The van der Waals surface area contributed by atoms with Crippen molar-refractivity contribution in [3.8, 4) is 0 Å². The number of carbonyl (C=O) groups is 1. The van der Waals surface area contributed by atoms with Gasteiger partial charge in [0.05, 0.1) is 0 Å². The van der Waals surface area contributed by atoms with Crippen LogP contribution in [0.5, 0.6) is 0 Å². The van der Waals surface area contributed by atoms with Crippen molar-refractivity contribution in [3.05, 3.63) is 35.9 Å². The maximum atomic E-state index is 12.0. The summed E-state index contributed by atoms with van der Waals surface area (Å²) in [4.78, 5) is 16.5. The molecule has 1 atom stereocenters. The van der Waals surface area contributed by atoms with Crippen LogP contribution in [-0.4, -0.2) is 55.5 Å². The van der Waals surface area contributed by atoms with Gasteiger partial charge in [0, 0.05) is 12.6 Å². The number of piperidine rings is 1. The van der Waals surface area contributed by atoms with Gasteiger partial charge in [-0.15, -0.1) is 0 Å². The molecule has 116 valence electrons. The number of benzene rings is 1. The number of likely N-dealkylation sites (tertiary alicyclic amines) is 1. The van der Waals surface area contributed by atoms with Gasteiger partial charge in [0.25, 0.3) is 0 Å². The Kier molecular flexibility index (Phi) is 4.98. The van der Waals surface area contributed by atoms with Crippen molar-refractivity contribution in [2.24, 2.45) is 11.5 Å². The Morgan fingerprint density at radius 3 is 2.43 bits per heavy atom. The smallest absolute Gasteiger partial charge is 0.243 e. The molecule has 0 aliphatic carbocycles. The van der Waals surface area contributed by atoms with E-state index in [1.54, 1.807) is 0 Å². The molecular weight excluding hydrogens is 264 g/mol. The fourth-order valence-corrected chi connectivity index (χ4v) is 3.01. The van der Waals surface area contributed by atoms with E-state index in [-0.39, 0.29) is 0 Å². The molecule has 1 aromatic carbocycles. The SMILES string of the molecule is CN1CCC(N(C)CC(N)(C(N)=O)c2ccccc2)CC1. The second-order valence-electron chi connectivity index (χ2n) is 6.15. The number of likely N-dealkylation sites (N-methyl/N-ethyl adjacent to an activating group) is 1. The molecule has 1 aliphatic rings. The molecule has 5 heteroatoms. The molecule has 1 saturated heterocycles. The van der Waals surface area contributed by atoms with Crippen LogP contribution in [0.4, 0.5) is 0 Å². The molecule has 0 spiro atoms.